The Morgan fingerprint density at radius 2 is 2.04 bits per heavy atom. The van der Waals surface area contributed by atoms with Crippen molar-refractivity contribution >= 4 is 17.2 Å². The number of amides is 1. The number of benzene rings is 2. The molecule has 0 saturated heterocycles. The first-order valence-corrected chi connectivity index (χ1v) is 9.77. The van der Waals surface area contributed by atoms with Crippen molar-refractivity contribution < 1.29 is 13.9 Å². The van der Waals surface area contributed by atoms with E-state index in [1.165, 1.54) is 30.2 Å². The van der Waals surface area contributed by atoms with Gasteiger partial charge in [0.15, 0.2) is 0 Å². The summed E-state index contributed by atoms with van der Waals surface area (Å²) in [7, 11) is 0. The van der Waals surface area contributed by atoms with Gasteiger partial charge in [0.25, 0.3) is 5.91 Å². The average Bonchev–Trinajstić information content (AvgIpc) is 3.40. The number of halogens is 1. The highest BCUT2D eigenvalue weighted by atomic mass is 32.1. The van der Waals surface area contributed by atoms with Crippen molar-refractivity contribution in [2.75, 3.05) is 6.54 Å². The molecule has 0 aliphatic heterocycles. The minimum absolute atomic E-state index is 0.201. The summed E-state index contributed by atoms with van der Waals surface area (Å²) in [5.74, 6) is 0.444. The maximum absolute atomic E-state index is 14.5. The zero-order chi connectivity index (χ0) is 18.6. The predicted octanol–water partition coefficient (Wildman–Crippen LogP) is 4.67. The van der Waals surface area contributed by atoms with Crippen molar-refractivity contribution in [3.8, 4) is 16.3 Å². The minimum Gasteiger partial charge on any atom is -0.489 e. The zero-order valence-electron chi connectivity index (χ0n) is 14.7. The molecule has 4 nitrogen and oxygen atoms in total. The van der Waals surface area contributed by atoms with Gasteiger partial charge in [-0.1, -0.05) is 30.3 Å². The normalized spacial score (nSPS) is 13.4. The third-order valence-electron chi connectivity index (χ3n) is 4.40. The molecule has 27 heavy (non-hydrogen) atoms. The molecule has 6 heteroatoms. The van der Waals surface area contributed by atoms with Gasteiger partial charge in [-0.25, -0.2) is 9.37 Å². The number of ether oxygens (including phenoxy) is 1. The first kappa shape index (κ1) is 17.7. The van der Waals surface area contributed by atoms with Crippen LogP contribution in [-0.2, 0) is 6.61 Å². The van der Waals surface area contributed by atoms with Crippen LogP contribution in [-0.4, -0.2) is 17.4 Å². The summed E-state index contributed by atoms with van der Waals surface area (Å²) in [6, 6.07) is 14.4. The van der Waals surface area contributed by atoms with Gasteiger partial charge in [-0.3, -0.25) is 4.79 Å². The molecule has 4 rings (SSSR count). The lowest BCUT2D eigenvalue weighted by Gasteiger charge is -2.07. The quantitative estimate of drug-likeness (QED) is 0.646. The minimum atomic E-state index is -0.417. The number of hydrogen-bond donors (Lipinski definition) is 1. The third kappa shape index (κ3) is 4.52. The number of carbonyl (C=O) groups excluding carboxylic acids is 1. The van der Waals surface area contributed by atoms with Crippen LogP contribution in [0.4, 0.5) is 4.39 Å². The molecule has 0 spiro atoms. The van der Waals surface area contributed by atoms with Crippen LogP contribution >= 0.6 is 11.3 Å². The summed E-state index contributed by atoms with van der Waals surface area (Å²) < 4.78 is 20.2. The summed E-state index contributed by atoms with van der Waals surface area (Å²) in [5, 5.41) is 5.02. The lowest BCUT2D eigenvalue weighted by Crippen LogP contribution is -2.25. The fraction of sp³-hybridized carbons (Fsp3) is 0.238. The van der Waals surface area contributed by atoms with Crippen LogP contribution in [0.2, 0.25) is 0 Å². The molecule has 1 fully saturated rings. The summed E-state index contributed by atoms with van der Waals surface area (Å²) in [4.78, 5) is 16.4. The van der Waals surface area contributed by atoms with Gasteiger partial charge in [0, 0.05) is 23.6 Å². The molecule has 138 valence electrons. The number of nitrogens with zero attached hydrogens (tertiary/aromatic N) is 1. The number of nitrogens with one attached hydrogen (secondary N) is 1. The summed E-state index contributed by atoms with van der Waals surface area (Å²) >= 11 is 1.26. The van der Waals surface area contributed by atoms with Crippen LogP contribution in [0.15, 0.2) is 53.9 Å². The fourth-order valence-electron chi connectivity index (χ4n) is 2.65. The molecule has 0 unspecified atom stereocenters. The summed E-state index contributed by atoms with van der Waals surface area (Å²) in [6.45, 7) is 1.07. The van der Waals surface area contributed by atoms with Gasteiger partial charge in [-0.15, -0.1) is 11.3 Å². The van der Waals surface area contributed by atoms with Crippen molar-refractivity contribution in [2.45, 2.75) is 19.4 Å². The maximum Gasteiger partial charge on any atom is 0.270 e. The van der Waals surface area contributed by atoms with Crippen molar-refractivity contribution in [3.63, 3.8) is 0 Å². The van der Waals surface area contributed by atoms with E-state index in [1.807, 2.05) is 30.3 Å². The van der Waals surface area contributed by atoms with E-state index in [0.29, 0.717) is 41.1 Å². The fourth-order valence-corrected chi connectivity index (χ4v) is 3.48. The molecule has 0 atom stereocenters. The van der Waals surface area contributed by atoms with E-state index in [-0.39, 0.29) is 5.91 Å². The van der Waals surface area contributed by atoms with E-state index in [4.69, 9.17) is 4.74 Å². The van der Waals surface area contributed by atoms with Gasteiger partial charge in [-0.05, 0) is 36.5 Å². The van der Waals surface area contributed by atoms with Gasteiger partial charge in [0.2, 0.25) is 0 Å². The van der Waals surface area contributed by atoms with Crippen LogP contribution in [0.25, 0.3) is 10.6 Å². The molecule has 2 aromatic carbocycles. The van der Waals surface area contributed by atoms with Crippen molar-refractivity contribution in [3.05, 3.63) is 71.0 Å². The Labute approximate surface area is 161 Å². The smallest absolute Gasteiger partial charge is 0.270 e. The van der Waals surface area contributed by atoms with Gasteiger partial charge < -0.3 is 10.1 Å². The van der Waals surface area contributed by atoms with E-state index in [9.17, 15) is 9.18 Å². The number of aromatic nitrogens is 1. The molecule has 1 saturated carbocycles. The average molecular weight is 382 g/mol. The Bertz CT molecular complexity index is 938. The molecule has 1 aliphatic carbocycles. The van der Waals surface area contributed by atoms with Crippen LogP contribution in [0, 0.1) is 11.7 Å². The van der Waals surface area contributed by atoms with Gasteiger partial charge in [-0.2, -0.15) is 0 Å². The van der Waals surface area contributed by atoms with Crippen LogP contribution in [0.1, 0.15) is 28.9 Å². The number of thiazole rings is 1. The van der Waals surface area contributed by atoms with Gasteiger partial charge >= 0.3 is 0 Å². The Morgan fingerprint density at radius 1 is 1.22 bits per heavy atom. The molecule has 0 radical (unpaired) electrons. The molecule has 1 aromatic heterocycles. The van der Waals surface area contributed by atoms with Gasteiger partial charge in [0.1, 0.15) is 28.9 Å². The molecule has 1 heterocycles. The molecular weight excluding hydrogens is 363 g/mol. The maximum atomic E-state index is 14.5. The van der Waals surface area contributed by atoms with Gasteiger partial charge in [0.05, 0.1) is 0 Å². The Balaban J connectivity index is 1.42. The first-order valence-electron chi connectivity index (χ1n) is 8.89. The van der Waals surface area contributed by atoms with Crippen molar-refractivity contribution in [1.29, 1.82) is 0 Å². The predicted molar refractivity (Wildman–Crippen MR) is 103 cm³/mol. The molecule has 0 bridgehead atoms. The van der Waals surface area contributed by atoms with Crippen molar-refractivity contribution in [1.82, 2.24) is 10.3 Å². The number of hydrogen-bond acceptors (Lipinski definition) is 4. The third-order valence-corrected chi connectivity index (χ3v) is 5.28. The Kier molecular flexibility index (Phi) is 5.16. The summed E-state index contributed by atoms with van der Waals surface area (Å²) in [6.07, 6.45) is 2.35. The topological polar surface area (TPSA) is 51.2 Å². The second kappa shape index (κ2) is 7.88. The first-order chi connectivity index (χ1) is 13.2. The zero-order valence-corrected chi connectivity index (χ0v) is 15.5. The van der Waals surface area contributed by atoms with E-state index >= 15 is 0 Å². The lowest BCUT2D eigenvalue weighted by atomic mass is 10.2. The SMILES string of the molecule is O=C(NCC1CC1)c1csc(-c2ccc(OCc3ccccc3)cc2F)n1. The Morgan fingerprint density at radius 3 is 2.78 bits per heavy atom. The second-order valence-electron chi connectivity index (χ2n) is 6.61. The van der Waals surface area contributed by atoms with E-state index < -0.39 is 5.82 Å². The van der Waals surface area contributed by atoms with E-state index in [1.54, 1.807) is 17.5 Å². The standard InChI is InChI=1S/C21H19FN2O2S/c22-18-10-16(26-12-15-4-2-1-3-5-15)8-9-17(18)21-24-19(13-27-21)20(25)23-11-14-6-7-14/h1-5,8-10,13-14H,6-7,11-12H2,(H,23,25). The van der Waals surface area contributed by atoms with Crippen molar-refractivity contribution in [2.24, 2.45) is 5.92 Å². The highest BCUT2D eigenvalue weighted by molar-refractivity contribution is 7.13. The molecule has 1 N–H and O–H groups in total. The van der Waals surface area contributed by atoms with E-state index in [2.05, 4.69) is 10.3 Å². The number of carbonyl (C=O) groups is 1. The monoisotopic (exact) mass is 382 g/mol. The highest BCUT2D eigenvalue weighted by Crippen LogP contribution is 2.30. The number of rotatable bonds is 7. The molecular formula is C21H19FN2O2S. The molecule has 1 amide bonds. The molecule has 1 aliphatic rings. The van der Waals surface area contributed by atoms with Crippen LogP contribution in [0.3, 0.4) is 0 Å². The highest BCUT2D eigenvalue weighted by Gasteiger charge is 2.22. The largest absolute Gasteiger partial charge is 0.489 e. The van der Waals surface area contributed by atoms with E-state index in [0.717, 1.165) is 5.56 Å². The van der Waals surface area contributed by atoms with Crippen LogP contribution in [0.5, 0.6) is 5.75 Å². The Hall–Kier alpha value is -2.73. The second-order valence-corrected chi connectivity index (χ2v) is 7.47. The van der Waals surface area contributed by atoms with Crippen LogP contribution < -0.4 is 10.1 Å². The summed E-state index contributed by atoms with van der Waals surface area (Å²) in [5.41, 5.74) is 1.72. The molecule has 3 aromatic rings. The lowest BCUT2D eigenvalue weighted by molar-refractivity contribution is 0.0947.